The molecule has 1 saturated heterocycles. The van der Waals surface area contributed by atoms with Gasteiger partial charge >= 0.3 is 0 Å². The molecule has 3 aromatic carbocycles. The Labute approximate surface area is 240 Å². The molecule has 0 bridgehead atoms. The molecule has 0 spiro atoms. The second kappa shape index (κ2) is 12.3. The number of hydrogen-bond acceptors (Lipinski definition) is 4. The maximum atomic E-state index is 14.0. The lowest BCUT2D eigenvalue weighted by atomic mass is 9.97. The van der Waals surface area contributed by atoms with Gasteiger partial charge in [-0.2, -0.15) is 0 Å². The number of aromatic nitrogens is 1. The summed E-state index contributed by atoms with van der Waals surface area (Å²) in [5, 5.41) is 6.77. The molecule has 1 fully saturated rings. The van der Waals surface area contributed by atoms with Crippen LogP contribution in [0.2, 0.25) is 10.0 Å². The van der Waals surface area contributed by atoms with Gasteiger partial charge in [0.15, 0.2) is 0 Å². The first-order valence-corrected chi connectivity index (χ1v) is 14.3. The van der Waals surface area contributed by atoms with Gasteiger partial charge in [-0.15, -0.1) is 11.3 Å². The normalized spacial score (nSPS) is 13.9. The first-order chi connectivity index (χ1) is 18.9. The summed E-state index contributed by atoms with van der Waals surface area (Å²) >= 11 is 13.5. The van der Waals surface area contributed by atoms with Crippen LogP contribution in [0.3, 0.4) is 0 Å². The standard InChI is InChI=1S/C30H26Cl2FN3O2S/c31-22-7-5-20(6-8-22)25-17-24(33)9-10-26(25)34-29(38)27-18-39-30(35-27)21-12-14-36(15-13-21)28(37)11-4-19-2-1-3-23(32)16-19/h1-3,5-10,16-18,21H,4,11-15H2,(H,34,38). The molecule has 1 aromatic heterocycles. The highest BCUT2D eigenvalue weighted by atomic mass is 35.5. The Balaban J connectivity index is 1.18. The summed E-state index contributed by atoms with van der Waals surface area (Å²) in [7, 11) is 0. The molecule has 1 aliphatic rings. The minimum atomic E-state index is -0.400. The van der Waals surface area contributed by atoms with Crippen molar-refractivity contribution in [1.82, 2.24) is 9.88 Å². The summed E-state index contributed by atoms with van der Waals surface area (Å²) in [6.45, 7) is 1.33. The van der Waals surface area contributed by atoms with Gasteiger partial charge in [-0.05, 0) is 72.9 Å². The SMILES string of the molecule is O=C(Nc1ccc(F)cc1-c1ccc(Cl)cc1)c1csc(C2CCN(C(=O)CCc3cccc(Cl)c3)CC2)n1. The Kier molecular flexibility index (Phi) is 8.60. The van der Waals surface area contributed by atoms with Crippen molar-refractivity contribution in [3.63, 3.8) is 0 Å². The predicted molar refractivity (Wildman–Crippen MR) is 155 cm³/mol. The van der Waals surface area contributed by atoms with Crippen LogP contribution < -0.4 is 5.32 Å². The Morgan fingerprint density at radius 3 is 2.51 bits per heavy atom. The van der Waals surface area contributed by atoms with Crippen molar-refractivity contribution in [1.29, 1.82) is 0 Å². The summed E-state index contributed by atoms with van der Waals surface area (Å²) < 4.78 is 14.0. The monoisotopic (exact) mass is 581 g/mol. The molecule has 9 heteroatoms. The third kappa shape index (κ3) is 6.85. The van der Waals surface area contributed by atoms with E-state index in [-0.39, 0.29) is 17.7 Å². The third-order valence-corrected chi connectivity index (χ3v) is 8.35. The largest absolute Gasteiger partial charge is 0.343 e. The number of rotatable bonds is 7. The molecule has 0 aliphatic carbocycles. The zero-order valence-corrected chi connectivity index (χ0v) is 23.3. The predicted octanol–water partition coefficient (Wildman–Crippen LogP) is 7.85. The molecule has 1 aliphatic heterocycles. The van der Waals surface area contributed by atoms with E-state index in [0.29, 0.717) is 52.9 Å². The minimum Gasteiger partial charge on any atom is -0.343 e. The summed E-state index contributed by atoms with van der Waals surface area (Å²) in [4.78, 5) is 32.3. The van der Waals surface area contributed by atoms with Gasteiger partial charge in [0.1, 0.15) is 11.5 Å². The van der Waals surface area contributed by atoms with Gasteiger partial charge in [-0.1, -0.05) is 47.5 Å². The number of nitrogens with one attached hydrogen (secondary N) is 1. The van der Waals surface area contributed by atoms with E-state index >= 15 is 0 Å². The highest BCUT2D eigenvalue weighted by Crippen LogP contribution is 2.33. The number of likely N-dealkylation sites (tertiary alicyclic amines) is 1. The second-order valence-corrected chi connectivity index (χ2v) is 11.3. The Morgan fingerprint density at radius 1 is 1.00 bits per heavy atom. The molecule has 5 nitrogen and oxygen atoms in total. The zero-order valence-electron chi connectivity index (χ0n) is 21.0. The maximum absolute atomic E-state index is 14.0. The second-order valence-electron chi connectivity index (χ2n) is 9.51. The fourth-order valence-electron chi connectivity index (χ4n) is 4.74. The molecule has 39 heavy (non-hydrogen) atoms. The van der Waals surface area contributed by atoms with Gasteiger partial charge in [-0.25, -0.2) is 9.37 Å². The Morgan fingerprint density at radius 2 is 1.77 bits per heavy atom. The molecular weight excluding hydrogens is 556 g/mol. The fraction of sp³-hybridized carbons (Fsp3) is 0.233. The molecule has 0 atom stereocenters. The van der Waals surface area contributed by atoms with Crippen molar-refractivity contribution in [3.8, 4) is 11.1 Å². The summed E-state index contributed by atoms with van der Waals surface area (Å²) in [5.74, 6) is -0.413. The van der Waals surface area contributed by atoms with Gasteiger partial charge in [-0.3, -0.25) is 9.59 Å². The Bertz CT molecular complexity index is 1480. The molecule has 0 radical (unpaired) electrons. The van der Waals surface area contributed by atoms with Gasteiger partial charge < -0.3 is 10.2 Å². The molecule has 2 amide bonds. The minimum absolute atomic E-state index is 0.142. The molecule has 4 aromatic rings. The fourth-order valence-corrected chi connectivity index (χ4v) is 6.05. The van der Waals surface area contributed by atoms with Crippen LogP contribution in [0.15, 0.2) is 72.1 Å². The molecule has 0 saturated carbocycles. The average Bonchev–Trinajstić information content (AvgIpc) is 3.44. The van der Waals surface area contributed by atoms with E-state index in [1.54, 1.807) is 35.7 Å². The van der Waals surface area contributed by atoms with Gasteiger partial charge in [0.05, 0.1) is 5.01 Å². The third-order valence-electron chi connectivity index (χ3n) is 6.85. The van der Waals surface area contributed by atoms with Gasteiger partial charge in [0.25, 0.3) is 5.91 Å². The number of benzene rings is 3. The first-order valence-electron chi connectivity index (χ1n) is 12.7. The molecule has 1 N–H and O–H groups in total. The molecule has 5 rings (SSSR count). The summed E-state index contributed by atoms with van der Waals surface area (Å²) in [6.07, 6.45) is 2.72. The Hall–Kier alpha value is -3.26. The van der Waals surface area contributed by atoms with Crippen LogP contribution in [-0.2, 0) is 11.2 Å². The quantitative estimate of drug-likeness (QED) is 0.242. The summed E-state index contributed by atoms with van der Waals surface area (Å²) in [5.41, 5.74) is 3.16. The van der Waals surface area contributed by atoms with E-state index in [9.17, 15) is 14.0 Å². The van der Waals surface area contributed by atoms with Crippen LogP contribution in [0.4, 0.5) is 10.1 Å². The van der Waals surface area contributed by atoms with Crippen molar-refractivity contribution in [3.05, 3.63) is 104 Å². The van der Waals surface area contributed by atoms with Crippen molar-refractivity contribution in [2.24, 2.45) is 0 Å². The number of amides is 2. The lowest BCUT2D eigenvalue weighted by Gasteiger charge is -2.31. The number of carbonyl (C=O) groups is 2. The van der Waals surface area contributed by atoms with Crippen LogP contribution in [0.25, 0.3) is 11.1 Å². The van der Waals surface area contributed by atoms with Crippen molar-refractivity contribution < 1.29 is 14.0 Å². The number of anilines is 1. The lowest BCUT2D eigenvalue weighted by molar-refractivity contribution is -0.132. The van der Waals surface area contributed by atoms with Crippen molar-refractivity contribution in [2.75, 3.05) is 18.4 Å². The topological polar surface area (TPSA) is 62.3 Å². The smallest absolute Gasteiger partial charge is 0.275 e. The van der Waals surface area contributed by atoms with Crippen LogP contribution in [0.1, 0.15) is 46.2 Å². The van der Waals surface area contributed by atoms with Crippen LogP contribution >= 0.6 is 34.5 Å². The molecular formula is C30H26Cl2FN3O2S. The van der Waals surface area contributed by atoms with Crippen molar-refractivity contribution in [2.45, 2.75) is 31.6 Å². The number of carbonyl (C=O) groups excluding carboxylic acids is 2. The van der Waals surface area contributed by atoms with Crippen LogP contribution in [0, 0.1) is 5.82 Å². The zero-order chi connectivity index (χ0) is 27.4. The maximum Gasteiger partial charge on any atom is 0.275 e. The van der Waals surface area contributed by atoms with E-state index < -0.39 is 5.82 Å². The number of aryl methyl sites for hydroxylation is 1. The van der Waals surface area contributed by atoms with Crippen LogP contribution in [0.5, 0.6) is 0 Å². The molecule has 200 valence electrons. The lowest BCUT2D eigenvalue weighted by Crippen LogP contribution is -2.38. The van der Waals surface area contributed by atoms with Gasteiger partial charge in [0, 0.05) is 52.1 Å². The van der Waals surface area contributed by atoms with Gasteiger partial charge in [0.2, 0.25) is 5.91 Å². The summed E-state index contributed by atoms with van der Waals surface area (Å²) in [6, 6.07) is 18.8. The van der Waals surface area contributed by atoms with E-state index in [0.717, 1.165) is 29.0 Å². The van der Waals surface area contributed by atoms with E-state index in [2.05, 4.69) is 10.3 Å². The van der Waals surface area contributed by atoms with Crippen molar-refractivity contribution >= 4 is 52.0 Å². The highest BCUT2D eigenvalue weighted by molar-refractivity contribution is 7.10. The average molecular weight is 583 g/mol. The number of piperidine rings is 1. The number of nitrogens with zero attached hydrogens (tertiary/aromatic N) is 2. The molecule has 0 unspecified atom stereocenters. The van der Waals surface area contributed by atoms with E-state index in [1.165, 1.54) is 23.5 Å². The van der Waals surface area contributed by atoms with Crippen LogP contribution in [-0.4, -0.2) is 34.8 Å². The first kappa shape index (κ1) is 27.3. The number of thiazole rings is 1. The van der Waals surface area contributed by atoms with E-state index in [4.69, 9.17) is 23.2 Å². The highest BCUT2D eigenvalue weighted by Gasteiger charge is 2.26. The number of halogens is 3. The molecule has 2 heterocycles. The number of hydrogen-bond donors (Lipinski definition) is 1. The van der Waals surface area contributed by atoms with E-state index in [1.807, 2.05) is 29.2 Å².